The van der Waals surface area contributed by atoms with E-state index in [1.54, 1.807) is 0 Å². The first-order chi connectivity index (χ1) is 9.65. The summed E-state index contributed by atoms with van der Waals surface area (Å²) < 4.78 is 7.30. The quantitative estimate of drug-likeness (QED) is 0.798. The van der Waals surface area contributed by atoms with Crippen LogP contribution in [0.3, 0.4) is 0 Å². The van der Waals surface area contributed by atoms with Crippen LogP contribution in [0.4, 0.5) is 0 Å². The average Bonchev–Trinajstić information content (AvgIpc) is 2.83. The van der Waals surface area contributed by atoms with Crippen LogP contribution in [0.1, 0.15) is 18.5 Å². The van der Waals surface area contributed by atoms with Gasteiger partial charge in [-0.3, -0.25) is 14.4 Å². The Hall–Kier alpha value is -1.40. The Balaban J connectivity index is 1.52. The highest BCUT2D eigenvalue weighted by Crippen LogP contribution is 2.24. The largest absolute Gasteiger partial charge is 0.378 e. The average molecular weight is 278 g/mol. The fourth-order valence-electron chi connectivity index (χ4n) is 2.81. The van der Waals surface area contributed by atoms with Crippen molar-refractivity contribution in [3.63, 3.8) is 0 Å². The van der Waals surface area contributed by atoms with Crippen molar-refractivity contribution < 1.29 is 9.53 Å². The van der Waals surface area contributed by atoms with E-state index in [0.717, 1.165) is 26.2 Å². The second-order valence-corrected chi connectivity index (χ2v) is 5.72. The van der Waals surface area contributed by atoms with E-state index in [9.17, 15) is 4.79 Å². The zero-order chi connectivity index (χ0) is 14.1. The van der Waals surface area contributed by atoms with E-state index in [0.29, 0.717) is 19.3 Å². The van der Waals surface area contributed by atoms with Crippen LogP contribution in [0.15, 0.2) is 12.4 Å². The molecule has 1 atom stereocenters. The summed E-state index contributed by atoms with van der Waals surface area (Å²) in [5.41, 5.74) is 1.18. The van der Waals surface area contributed by atoms with Gasteiger partial charge in [-0.2, -0.15) is 5.10 Å². The van der Waals surface area contributed by atoms with Crippen molar-refractivity contribution in [1.29, 1.82) is 0 Å². The topological polar surface area (TPSA) is 50.6 Å². The SMILES string of the molecule is Cc1cnn(C2CN(C(C)C(=O)N3CCOCC3)C2)c1. The lowest BCUT2D eigenvalue weighted by molar-refractivity contribution is -0.143. The molecule has 1 unspecified atom stereocenters. The van der Waals surface area contributed by atoms with Crippen LogP contribution in [0.25, 0.3) is 0 Å². The predicted molar refractivity (Wildman–Crippen MR) is 74.4 cm³/mol. The maximum Gasteiger partial charge on any atom is 0.239 e. The maximum atomic E-state index is 12.4. The Morgan fingerprint density at radius 1 is 1.40 bits per heavy atom. The minimum Gasteiger partial charge on any atom is -0.378 e. The van der Waals surface area contributed by atoms with Crippen LogP contribution < -0.4 is 0 Å². The van der Waals surface area contributed by atoms with Crippen molar-refractivity contribution in [3.05, 3.63) is 18.0 Å². The van der Waals surface area contributed by atoms with E-state index >= 15 is 0 Å². The Morgan fingerprint density at radius 3 is 2.70 bits per heavy atom. The van der Waals surface area contributed by atoms with Crippen LogP contribution in [-0.4, -0.2) is 70.9 Å². The van der Waals surface area contributed by atoms with Crippen LogP contribution in [0.5, 0.6) is 0 Å². The molecule has 1 amide bonds. The maximum absolute atomic E-state index is 12.4. The number of likely N-dealkylation sites (tertiary alicyclic amines) is 1. The smallest absolute Gasteiger partial charge is 0.239 e. The van der Waals surface area contributed by atoms with Crippen molar-refractivity contribution in [3.8, 4) is 0 Å². The zero-order valence-corrected chi connectivity index (χ0v) is 12.2. The lowest BCUT2D eigenvalue weighted by atomic mass is 10.1. The number of nitrogens with zero attached hydrogens (tertiary/aromatic N) is 4. The molecule has 0 radical (unpaired) electrons. The van der Waals surface area contributed by atoms with Crippen LogP contribution in [0, 0.1) is 6.92 Å². The minimum absolute atomic E-state index is 0.0407. The molecule has 0 spiro atoms. The first kappa shape index (κ1) is 13.6. The summed E-state index contributed by atoms with van der Waals surface area (Å²) in [5.74, 6) is 0.225. The first-order valence-electron chi connectivity index (χ1n) is 7.26. The van der Waals surface area contributed by atoms with Crippen molar-refractivity contribution >= 4 is 5.91 Å². The standard InChI is InChI=1S/C14H22N4O2/c1-11-7-15-18(8-11)13-9-17(10-13)12(2)14(19)16-3-5-20-6-4-16/h7-8,12-13H,3-6,9-10H2,1-2H3. The Labute approximate surface area is 119 Å². The number of morpholine rings is 1. The Kier molecular flexibility index (Phi) is 3.76. The van der Waals surface area contributed by atoms with Crippen molar-refractivity contribution in [1.82, 2.24) is 19.6 Å². The molecule has 0 bridgehead atoms. The van der Waals surface area contributed by atoms with Crippen LogP contribution in [0.2, 0.25) is 0 Å². The summed E-state index contributed by atoms with van der Waals surface area (Å²) in [4.78, 5) is 16.5. The lowest BCUT2D eigenvalue weighted by Crippen LogP contribution is -2.58. The van der Waals surface area contributed by atoms with E-state index in [1.807, 2.05) is 29.6 Å². The molecule has 20 heavy (non-hydrogen) atoms. The van der Waals surface area contributed by atoms with E-state index in [1.165, 1.54) is 5.56 Å². The van der Waals surface area contributed by atoms with Gasteiger partial charge in [0.1, 0.15) is 0 Å². The summed E-state index contributed by atoms with van der Waals surface area (Å²) in [5, 5.41) is 4.34. The number of aromatic nitrogens is 2. The normalized spacial score (nSPS) is 22.6. The summed E-state index contributed by atoms with van der Waals surface area (Å²) in [6.07, 6.45) is 3.95. The van der Waals surface area contributed by atoms with Gasteiger partial charge in [0.25, 0.3) is 0 Å². The molecule has 2 aliphatic heterocycles. The second kappa shape index (κ2) is 5.54. The van der Waals surface area contributed by atoms with Crippen molar-refractivity contribution in [2.75, 3.05) is 39.4 Å². The molecule has 2 saturated heterocycles. The van der Waals surface area contributed by atoms with E-state index in [4.69, 9.17) is 4.74 Å². The molecule has 6 nitrogen and oxygen atoms in total. The van der Waals surface area contributed by atoms with Gasteiger partial charge in [0, 0.05) is 32.4 Å². The summed E-state index contributed by atoms with van der Waals surface area (Å²) in [6, 6.07) is 0.365. The molecule has 1 aromatic rings. The van der Waals surface area contributed by atoms with Gasteiger partial charge in [-0.15, -0.1) is 0 Å². The molecule has 0 aliphatic carbocycles. The number of amides is 1. The zero-order valence-electron chi connectivity index (χ0n) is 12.2. The molecule has 0 N–H and O–H groups in total. The summed E-state index contributed by atoms with van der Waals surface area (Å²) in [6.45, 7) is 8.61. The first-order valence-corrected chi connectivity index (χ1v) is 7.26. The summed E-state index contributed by atoms with van der Waals surface area (Å²) >= 11 is 0. The van der Waals surface area contributed by atoms with Gasteiger partial charge in [0.05, 0.1) is 31.5 Å². The van der Waals surface area contributed by atoms with E-state index in [2.05, 4.69) is 16.2 Å². The Bertz CT molecular complexity index is 475. The molecule has 110 valence electrons. The number of ether oxygens (including phenoxy) is 1. The lowest BCUT2D eigenvalue weighted by Gasteiger charge is -2.43. The Morgan fingerprint density at radius 2 is 2.10 bits per heavy atom. The fourth-order valence-corrected chi connectivity index (χ4v) is 2.81. The van der Waals surface area contributed by atoms with Crippen molar-refractivity contribution in [2.45, 2.75) is 25.9 Å². The molecular weight excluding hydrogens is 256 g/mol. The van der Waals surface area contributed by atoms with Gasteiger partial charge >= 0.3 is 0 Å². The molecule has 0 saturated carbocycles. The van der Waals surface area contributed by atoms with Crippen molar-refractivity contribution in [2.24, 2.45) is 0 Å². The third kappa shape index (κ3) is 2.58. The molecule has 0 aromatic carbocycles. The highest BCUT2D eigenvalue weighted by atomic mass is 16.5. The van der Waals surface area contributed by atoms with Gasteiger partial charge in [-0.25, -0.2) is 0 Å². The molecule has 6 heteroatoms. The summed E-state index contributed by atoms with van der Waals surface area (Å²) in [7, 11) is 0. The fraction of sp³-hybridized carbons (Fsp3) is 0.714. The van der Waals surface area contributed by atoms with Crippen LogP contribution >= 0.6 is 0 Å². The minimum atomic E-state index is -0.0407. The molecule has 3 rings (SSSR count). The highest BCUT2D eigenvalue weighted by Gasteiger charge is 2.36. The molecule has 1 aromatic heterocycles. The third-order valence-electron chi connectivity index (χ3n) is 4.22. The van der Waals surface area contributed by atoms with E-state index < -0.39 is 0 Å². The number of hydrogen-bond acceptors (Lipinski definition) is 4. The number of carbonyl (C=O) groups excluding carboxylic acids is 1. The monoisotopic (exact) mass is 278 g/mol. The molecule has 2 fully saturated rings. The number of carbonyl (C=O) groups is 1. The van der Waals surface area contributed by atoms with Gasteiger partial charge in [-0.05, 0) is 19.4 Å². The van der Waals surface area contributed by atoms with Gasteiger partial charge < -0.3 is 9.64 Å². The molecule has 2 aliphatic rings. The molecule has 3 heterocycles. The van der Waals surface area contributed by atoms with Gasteiger partial charge in [0.15, 0.2) is 0 Å². The number of hydrogen-bond donors (Lipinski definition) is 0. The third-order valence-corrected chi connectivity index (χ3v) is 4.22. The van der Waals surface area contributed by atoms with Gasteiger partial charge in [0.2, 0.25) is 5.91 Å². The number of aryl methyl sites for hydroxylation is 1. The van der Waals surface area contributed by atoms with Crippen LogP contribution in [-0.2, 0) is 9.53 Å². The highest BCUT2D eigenvalue weighted by molar-refractivity contribution is 5.81. The molecular formula is C14H22N4O2. The van der Waals surface area contributed by atoms with Gasteiger partial charge in [-0.1, -0.05) is 0 Å². The number of rotatable bonds is 3. The predicted octanol–water partition coefficient (Wildman–Crippen LogP) is 0.296. The van der Waals surface area contributed by atoms with E-state index in [-0.39, 0.29) is 11.9 Å². The second-order valence-electron chi connectivity index (χ2n) is 5.72.